The van der Waals surface area contributed by atoms with E-state index in [1.165, 1.54) is 31.1 Å². The van der Waals surface area contributed by atoms with Crippen LogP contribution in [0.4, 0.5) is 26.2 Å². The minimum atomic E-state index is -0.950. The van der Waals surface area contributed by atoms with E-state index in [1.807, 2.05) is 0 Å². The maximum atomic E-state index is 15.0. The van der Waals surface area contributed by atoms with Crippen molar-refractivity contribution in [2.45, 2.75) is 25.5 Å². The molecule has 0 bridgehead atoms. The van der Waals surface area contributed by atoms with E-state index in [1.54, 1.807) is 24.3 Å². The lowest BCUT2D eigenvalue weighted by Crippen LogP contribution is -2.45. The van der Waals surface area contributed by atoms with E-state index in [0.717, 1.165) is 22.9 Å². The molecule has 0 aliphatic carbocycles. The molecule has 1 fully saturated rings. The van der Waals surface area contributed by atoms with Crippen LogP contribution in [0.1, 0.15) is 12.0 Å². The van der Waals surface area contributed by atoms with E-state index in [9.17, 15) is 28.9 Å². The normalized spacial score (nSPS) is 16.8. The number of halogens is 2. The molecule has 13 heteroatoms. The Balaban J connectivity index is 1.53. The zero-order valence-electron chi connectivity index (χ0n) is 20.3. The number of methoxy groups -OCH3 is 1. The van der Waals surface area contributed by atoms with Gasteiger partial charge in [-0.25, -0.2) is 9.18 Å². The van der Waals surface area contributed by atoms with E-state index in [0.29, 0.717) is 10.7 Å². The topological polar surface area (TPSA) is 136 Å². The van der Waals surface area contributed by atoms with Gasteiger partial charge in [-0.2, -0.15) is 0 Å². The van der Waals surface area contributed by atoms with E-state index in [2.05, 4.69) is 10.6 Å². The fourth-order valence-corrected chi connectivity index (χ4v) is 4.28. The van der Waals surface area contributed by atoms with Crippen molar-refractivity contribution in [1.29, 1.82) is 0 Å². The molecule has 1 aromatic heterocycles. The number of hydrogen-bond donors (Lipinski definition) is 2. The van der Waals surface area contributed by atoms with Gasteiger partial charge in [-0.05, 0) is 43.3 Å². The van der Waals surface area contributed by atoms with Gasteiger partial charge in [-0.15, -0.1) is 0 Å². The molecule has 11 nitrogen and oxygen atoms in total. The van der Waals surface area contributed by atoms with Gasteiger partial charge in [0.1, 0.15) is 11.9 Å². The second-order valence-electron chi connectivity index (χ2n) is 8.66. The standard InChI is InChI=1S/C25H23ClFN5O6/c1-14-9-23(33)30(13-22(14)32(36)37)17-7-8-20(19(27)10-17)29-24(34)21-11-18(38-2)12-31(21)25(35)28-16-5-3-15(26)4-6-16/h3-10,13,18,21H,11-12H2,1-2H3,(H,28,35)(H,29,34)/t18-,21-/m1/s1. The third-order valence-electron chi connectivity index (χ3n) is 6.17. The van der Waals surface area contributed by atoms with E-state index in [4.69, 9.17) is 16.3 Å². The fourth-order valence-electron chi connectivity index (χ4n) is 4.15. The van der Waals surface area contributed by atoms with Crippen molar-refractivity contribution in [3.63, 3.8) is 0 Å². The minimum absolute atomic E-state index is 0.0397. The number of benzene rings is 2. The number of aromatic nitrogens is 1. The second-order valence-corrected chi connectivity index (χ2v) is 9.10. The molecule has 4 rings (SSSR count). The Morgan fingerprint density at radius 2 is 1.87 bits per heavy atom. The molecule has 2 heterocycles. The predicted molar refractivity (Wildman–Crippen MR) is 138 cm³/mol. The Morgan fingerprint density at radius 3 is 2.50 bits per heavy atom. The molecule has 1 aliphatic rings. The molecule has 0 spiro atoms. The first-order chi connectivity index (χ1) is 18.1. The Morgan fingerprint density at radius 1 is 1.16 bits per heavy atom. The van der Waals surface area contributed by atoms with Gasteiger partial charge in [0.25, 0.3) is 11.2 Å². The van der Waals surface area contributed by atoms with Crippen LogP contribution >= 0.6 is 11.6 Å². The molecule has 3 aromatic rings. The number of nitrogens with one attached hydrogen (secondary N) is 2. The van der Waals surface area contributed by atoms with Crippen LogP contribution in [0.2, 0.25) is 5.02 Å². The minimum Gasteiger partial charge on any atom is -0.380 e. The van der Waals surface area contributed by atoms with Crippen LogP contribution in [-0.2, 0) is 9.53 Å². The van der Waals surface area contributed by atoms with Crippen LogP contribution in [0.5, 0.6) is 0 Å². The van der Waals surface area contributed by atoms with Crippen molar-refractivity contribution in [3.05, 3.63) is 91.6 Å². The summed E-state index contributed by atoms with van der Waals surface area (Å²) in [6, 6.07) is 9.61. The quantitative estimate of drug-likeness (QED) is 0.355. The number of ether oxygens (including phenoxy) is 1. The van der Waals surface area contributed by atoms with Crippen LogP contribution in [0.3, 0.4) is 0 Å². The average Bonchev–Trinajstić information content (AvgIpc) is 3.31. The van der Waals surface area contributed by atoms with Gasteiger partial charge in [0.2, 0.25) is 5.91 Å². The first-order valence-corrected chi connectivity index (χ1v) is 11.8. The molecular formula is C25H23ClFN5O6. The summed E-state index contributed by atoms with van der Waals surface area (Å²) >= 11 is 5.88. The molecule has 2 atom stereocenters. The lowest BCUT2D eigenvalue weighted by atomic mass is 10.1. The van der Waals surface area contributed by atoms with Crippen LogP contribution in [0.15, 0.2) is 59.5 Å². The number of carbonyl (C=O) groups excluding carboxylic acids is 2. The molecule has 1 aliphatic heterocycles. The third kappa shape index (κ3) is 5.66. The molecule has 2 aromatic carbocycles. The monoisotopic (exact) mass is 543 g/mol. The molecule has 1 saturated heterocycles. The molecule has 0 radical (unpaired) electrons. The van der Waals surface area contributed by atoms with Gasteiger partial charge in [-0.1, -0.05) is 11.6 Å². The summed E-state index contributed by atoms with van der Waals surface area (Å²) in [5, 5.41) is 16.9. The largest absolute Gasteiger partial charge is 0.380 e. The van der Waals surface area contributed by atoms with Crippen molar-refractivity contribution >= 4 is 40.6 Å². The summed E-state index contributed by atoms with van der Waals surface area (Å²) in [5.74, 6) is -1.50. The lowest BCUT2D eigenvalue weighted by molar-refractivity contribution is -0.385. The molecule has 3 amide bonds. The van der Waals surface area contributed by atoms with E-state index in [-0.39, 0.29) is 35.6 Å². The highest BCUT2D eigenvalue weighted by Crippen LogP contribution is 2.25. The number of likely N-dealkylation sites (tertiary alicyclic amines) is 1. The van der Waals surface area contributed by atoms with Crippen molar-refractivity contribution in [3.8, 4) is 5.69 Å². The van der Waals surface area contributed by atoms with Crippen LogP contribution < -0.4 is 16.2 Å². The fraction of sp³-hybridized carbons (Fsp3) is 0.240. The highest BCUT2D eigenvalue weighted by Gasteiger charge is 2.40. The number of amides is 3. The third-order valence-corrected chi connectivity index (χ3v) is 6.43. The number of nitro groups is 1. The van der Waals surface area contributed by atoms with Crippen molar-refractivity contribution in [1.82, 2.24) is 9.47 Å². The average molecular weight is 544 g/mol. The van der Waals surface area contributed by atoms with Gasteiger partial charge in [0.15, 0.2) is 0 Å². The molecule has 2 N–H and O–H groups in total. The van der Waals surface area contributed by atoms with Gasteiger partial charge >= 0.3 is 6.03 Å². The van der Waals surface area contributed by atoms with Crippen LogP contribution in [-0.4, -0.2) is 52.1 Å². The number of hydrogen-bond acceptors (Lipinski definition) is 6. The Bertz CT molecular complexity index is 1460. The summed E-state index contributed by atoms with van der Waals surface area (Å²) < 4.78 is 21.3. The molecule has 38 heavy (non-hydrogen) atoms. The lowest BCUT2D eigenvalue weighted by Gasteiger charge is -2.24. The number of pyridine rings is 1. The molecule has 0 unspecified atom stereocenters. The first kappa shape index (κ1) is 26.8. The van der Waals surface area contributed by atoms with Crippen molar-refractivity contribution in [2.24, 2.45) is 0 Å². The van der Waals surface area contributed by atoms with Crippen molar-refractivity contribution < 1.29 is 23.6 Å². The highest BCUT2D eigenvalue weighted by atomic mass is 35.5. The number of urea groups is 1. The molecular weight excluding hydrogens is 521 g/mol. The number of anilines is 2. The zero-order valence-corrected chi connectivity index (χ0v) is 21.1. The predicted octanol–water partition coefficient (Wildman–Crippen LogP) is 4.11. The van der Waals surface area contributed by atoms with Crippen LogP contribution in [0.25, 0.3) is 5.69 Å². The number of aryl methyl sites for hydroxylation is 1. The Kier molecular flexibility index (Phi) is 7.74. The summed E-state index contributed by atoms with van der Waals surface area (Å²) in [6.45, 7) is 1.57. The number of nitrogens with zero attached hydrogens (tertiary/aromatic N) is 3. The summed E-state index contributed by atoms with van der Waals surface area (Å²) in [4.78, 5) is 50.3. The number of carbonyl (C=O) groups is 2. The van der Waals surface area contributed by atoms with E-state index < -0.39 is 40.4 Å². The van der Waals surface area contributed by atoms with Gasteiger partial charge in [-0.3, -0.25) is 24.3 Å². The maximum absolute atomic E-state index is 15.0. The van der Waals surface area contributed by atoms with Gasteiger partial charge in [0, 0.05) is 48.5 Å². The summed E-state index contributed by atoms with van der Waals surface area (Å²) in [7, 11) is 1.47. The van der Waals surface area contributed by atoms with Crippen LogP contribution in [0, 0.1) is 22.9 Å². The maximum Gasteiger partial charge on any atom is 0.322 e. The zero-order chi connectivity index (χ0) is 27.6. The summed E-state index contributed by atoms with van der Waals surface area (Å²) in [6.07, 6.45) is 0.808. The molecule has 198 valence electrons. The van der Waals surface area contributed by atoms with E-state index >= 15 is 0 Å². The first-order valence-electron chi connectivity index (χ1n) is 11.4. The SMILES string of the molecule is CO[C@@H]1C[C@H](C(=O)Nc2ccc(-n3cc([N+](=O)[O-])c(C)cc3=O)cc2F)N(C(=O)Nc2ccc(Cl)cc2)C1. The van der Waals surface area contributed by atoms with Gasteiger partial charge in [0.05, 0.1) is 28.6 Å². The molecule has 0 saturated carbocycles. The Hall–Kier alpha value is -4.29. The Labute approximate surface area is 220 Å². The van der Waals surface area contributed by atoms with Gasteiger partial charge < -0.3 is 20.3 Å². The highest BCUT2D eigenvalue weighted by molar-refractivity contribution is 6.30. The van der Waals surface area contributed by atoms with Crippen molar-refractivity contribution in [2.75, 3.05) is 24.3 Å². The second kappa shape index (κ2) is 11.0. The number of rotatable bonds is 6. The summed E-state index contributed by atoms with van der Waals surface area (Å²) in [5.41, 5.74) is -0.370. The smallest absolute Gasteiger partial charge is 0.322 e.